The van der Waals surface area contributed by atoms with E-state index >= 15 is 0 Å². The quantitative estimate of drug-likeness (QED) is 0.902. The minimum absolute atomic E-state index is 0.400. The van der Waals surface area contributed by atoms with E-state index in [0.29, 0.717) is 6.61 Å². The molecule has 1 amide bonds. The number of carbonyl (C=O) groups is 1. The fourth-order valence-corrected chi connectivity index (χ4v) is 1.97. The van der Waals surface area contributed by atoms with E-state index in [1.165, 1.54) is 0 Å². The van der Waals surface area contributed by atoms with Crippen LogP contribution in [0.5, 0.6) is 0 Å². The number of nitrogens with one attached hydrogen (secondary N) is 1. The first kappa shape index (κ1) is 13.8. The molecule has 0 unspecified atom stereocenters. The second-order valence-corrected chi connectivity index (χ2v) is 4.58. The summed E-state index contributed by atoms with van der Waals surface area (Å²) in [6.07, 6.45) is -0.404. The van der Waals surface area contributed by atoms with Gasteiger partial charge in [0.1, 0.15) is 6.61 Å². The van der Waals surface area contributed by atoms with Crippen molar-refractivity contribution in [3.8, 4) is 0 Å². The van der Waals surface area contributed by atoms with Gasteiger partial charge >= 0.3 is 6.09 Å². The van der Waals surface area contributed by atoms with Crippen molar-refractivity contribution in [3.63, 3.8) is 0 Å². The third-order valence-corrected chi connectivity index (χ3v) is 3.01. The first-order valence-corrected chi connectivity index (χ1v) is 6.54. The summed E-state index contributed by atoms with van der Waals surface area (Å²) >= 11 is 0. The van der Waals surface area contributed by atoms with E-state index < -0.39 is 6.09 Å². The van der Waals surface area contributed by atoms with Crippen LogP contribution in [0.1, 0.15) is 5.56 Å². The molecule has 104 valence electrons. The number of carbonyl (C=O) groups excluding carboxylic acids is 1. The molecule has 1 saturated heterocycles. The first-order valence-electron chi connectivity index (χ1n) is 6.54. The van der Waals surface area contributed by atoms with Crippen molar-refractivity contribution in [2.45, 2.75) is 6.92 Å². The summed E-state index contributed by atoms with van der Waals surface area (Å²) in [5.74, 6) is 0. The zero-order valence-corrected chi connectivity index (χ0v) is 11.2. The van der Waals surface area contributed by atoms with E-state index in [2.05, 4.69) is 10.2 Å². The molecule has 5 heteroatoms. The Morgan fingerprint density at radius 2 is 2.21 bits per heavy atom. The molecule has 5 nitrogen and oxygen atoms in total. The van der Waals surface area contributed by atoms with E-state index in [-0.39, 0.29) is 0 Å². The van der Waals surface area contributed by atoms with Gasteiger partial charge in [-0.1, -0.05) is 12.1 Å². The number of rotatable bonds is 4. The van der Waals surface area contributed by atoms with Gasteiger partial charge < -0.3 is 9.47 Å². The molecule has 19 heavy (non-hydrogen) atoms. The summed E-state index contributed by atoms with van der Waals surface area (Å²) < 4.78 is 10.4. The summed E-state index contributed by atoms with van der Waals surface area (Å²) in [6, 6.07) is 7.63. The maximum atomic E-state index is 11.6. The minimum atomic E-state index is -0.404. The normalized spacial score (nSPS) is 16.1. The average Bonchev–Trinajstić information content (AvgIpc) is 2.40. The number of amides is 1. The molecule has 2 rings (SSSR count). The average molecular weight is 264 g/mol. The van der Waals surface area contributed by atoms with E-state index in [9.17, 15) is 4.79 Å². The summed E-state index contributed by atoms with van der Waals surface area (Å²) in [6.45, 7) is 6.47. The molecular weight excluding hydrogens is 244 g/mol. The van der Waals surface area contributed by atoms with Crippen molar-refractivity contribution in [3.05, 3.63) is 29.8 Å². The SMILES string of the molecule is Cc1cccc(NC(=O)OCCN2CCOCC2)c1. The highest BCUT2D eigenvalue weighted by Gasteiger charge is 2.10. The van der Waals surface area contributed by atoms with Crippen LogP contribution < -0.4 is 5.32 Å². The second kappa shape index (κ2) is 7.11. The number of ether oxygens (including phenoxy) is 2. The lowest BCUT2D eigenvalue weighted by molar-refractivity contribution is 0.0290. The highest BCUT2D eigenvalue weighted by molar-refractivity contribution is 5.84. The van der Waals surface area contributed by atoms with Gasteiger partial charge in [0.15, 0.2) is 0 Å². The van der Waals surface area contributed by atoms with Crippen LogP contribution in [0.25, 0.3) is 0 Å². The summed E-state index contributed by atoms with van der Waals surface area (Å²) in [4.78, 5) is 13.8. The molecular formula is C14H20N2O3. The van der Waals surface area contributed by atoms with Gasteiger partial charge in [-0.25, -0.2) is 4.79 Å². The Morgan fingerprint density at radius 1 is 1.42 bits per heavy atom. The molecule has 1 aliphatic rings. The van der Waals surface area contributed by atoms with Crippen molar-refractivity contribution in [1.82, 2.24) is 4.90 Å². The van der Waals surface area contributed by atoms with Gasteiger partial charge in [-0.3, -0.25) is 10.2 Å². The maximum absolute atomic E-state index is 11.6. The predicted octanol–water partition coefficient (Wildman–Crippen LogP) is 1.88. The van der Waals surface area contributed by atoms with E-state index in [4.69, 9.17) is 9.47 Å². The largest absolute Gasteiger partial charge is 0.448 e. The first-order chi connectivity index (χ1) is 9.24. The van der Waals surface area contributed by atoms with Gasteiger partial charge in [0.05, 0.1) is 13.2 Å². The highest BCUT2D eigenvalue weighted by atomic mass is 16.5. The number of hydrogen-bond acceptors (Lipinski definition) is 4. The molecule has 0 atom stereocenters. The van der Waals surface area contributed by atoms with E-state index in [1.54, 1.807) is 0 Å². The number of nitrogens with zero attached hydrogens (tertiary/aromatic N) is 1. The molecule has 0 spiro atoms. The Labute approximate surface area is 113 Å². The molecule has 1 aromatic carbocycles. The lowest BCUT2D eigenvalue weighted by Gasteiger charge is -2.26. The number of anilines is 1. The van der Waals surface area contributed by atoms with Crippen molar-refractivity contribution in [2.75, 3.05) is 44.8 Å². The summed E-state index contributed by atoms with van der Waals surface area (Å²) in [5.41, 5.74) is 1.86. The zero-order chi connectivity index (χ0) is 13.5. The van der Waals surface area contributed by atoms with Crippen molar-refractivity contribution >= 4 is 11.8 Å². The summed E-state index contributed by atoms with van der Waals surface area (Å²) in [7, 11) is 0. The van der Waals surface area contributed by atoms with Crippen LogP contribution in [0.15, 0.2) is 24.3 Å². The number of hydrogen-bond donors (Lipinski definition) is 1. The van der Waals surface area contributed by atoms with Crippen LogP contribution in [0.3, 0.4) is 0 Å². The van der Waals surface area contributed by atoms with Crippen LogP contribution in [0.2, 0.25) is 0 Å². The number of aryl methyl sites for hydroxylation is 1. The van der Waals surface area contributed by atoms with Crippen LogP contribution in [-0.2, 0) is 9.47 Å². The molecule has 0 aliphatic carbocycles. The Bertz CT molecular complexity index is 417. The Hall–Kier alpha value is -1.59. The fraction of sp³-hybridized carbons (Fsp3) is 0.500. The van der Waals surface area contributed by atoms with Crippen LogP contribution in [-0.4, -0.2) is 50.4 Å². The number of morpholine rings is 1. The Kier molecular flexibility index (Phi) is 5.18. The van der Waals surface area contributed by atoms with Crippen molar-refractivity contribution in [1.29, 1.82) is 0 Å². The fourth-order valence-electron chi connectivity index (χ4n) is 1.97. The highest BCUT2D eigenvalue weighted by Crippen LogP contribution is 2.09. The molecule has 1 aromatic rings. The molecule has 0 radical (unpaired) electrons. The molecule has 0 bridgehead atoms. The van der Waals surface area contributed by atoms with Crippen LogP contribution in [0.4, 0.5) is 10.5 Å². The molecule has 1 N–H and O–H groups in total. The third kappa shape index (κ3) is 4.89. The minimum Gasteiger partial charge on any atom is -0.448 e. The second-order valence-electron chi connectivity index (χ2n) is 4.58. The molecule has 1 heterocycles. The van der Waals surface area contributed by atoms with E-state index in [1.807, 2.05) is 31.2 Å². The van der Waals surface area contributed by atoms with Gasteiger partial charge in [-0.05, 0) is 24.6 Å². The van der Waals surface area contributed by atoms with E-state index in [0.717, 1.165) is 44.1 Å². The topological polar surface area (TPSA) is 50.8 Å². The molecule has 1 fully saturated rings. The Morgan fingerprint density at radius 3 is 2.95 bits per heavy atom. The van der Waals surface area contributed by atoms with Gasteiger partial charge in [0.2, 0.25) is 0 Å². The summed E-state index contributed by atoms with van der Waals surface area (Å²) in [5, 5.41) is 2.72. The third-order valence-electron chi connectivity index (χ3n) is 3.01. The number of benzene rings is 1. The standard InChI is InChI=1S/C14H20N2O3/c1-12-3-2-4-13(11-12)15-14(17)19-10-7-16-5-8-18-9-6-16/h2-4,11H,5-10H2,1H3,(H,15,17). The lowest BCUT2D eigenvalue weighted by atomic mass is 10.2. The van der Waals surface area contributed by atoms with Gasteiger partial charge in [0, 0.05) is 25.3 Å². The maximum Gasteiger partial charge on any atom is 0.411 e. The van der Waals surface area contributed by atoms with Gasteiger partial charge in [-0.15, -0.1) is 0 Å². The zero-order valence-electron chi connectivity index (χ0n) is 11.2. The van der Waals surface area contributed by atoms with Gasteiger partial charge in [0.25, 0.3) is 0 Å². The monoisotopic (exact) mass is 264 g/mol. The smallest absolute Gasteiger partial charge is 0.411 e. The van der Waals surface area contributed by atoms with Crippen molar-refractivity contribution in [2.24, 2.45) is 0 Å². The predicted molar refractivity (Wildman–Crippen MR) is 73.4 cm³/mol. The van der Waals surface area contributed by atoms with Gasteiger partial charge in [-0.2, -0.15) is 0 Å². The molecule has 0 saturated carbocycles. The lowest BCUT2D eigenvalue weighted by Crippen LogP contribution is -2.38. The molecule has 1 aliphatic heterocycles. The molecule has 0 aromatic heterocycles. The van der Waals surface area contributed by atoms with Crippen LogP contribution in [0, 0.1) is 6.92 Å². The Balaban J connectivity index is 1.67. The van der Waals surface area contributed by atoms with Crippen molar-refractivity contribution < 1.29 is 14.3 Å². The van der Waals surface area contributed by atoms with Crippen LogP contribution >= 0.6 is 0 Å².